The van der Waals surface area contributed by atoms with Crippen LogP contribution in [0, 0.1) is 4.91 Å². The molecule has 0 unspecified atom stereocenters. The van der Waals surface area contributed by atoms with Gasteiger partial charge in [-0.15, -0.1) is 4.91 Å². The Balaban J connectivity index is 1.17. The van der Waals surface area contributed by atoms with Gasteiger partial charge in [0, 0.05) is 112 Å². The second-order valence-corrected chi connectivity index (χ2v) is 19.1. The SMILES string of the molecule is C=C(CCSCc1cccc(CSCCC(=O)NC2(C)CCN(C(=O)CN3CCN(CC(=O)O)CCN(CC(=O)O)CCN(CC(=O)N=O)CC3)CC2)n1)NC1CCN(C)CC1. The number of thioether (sulfide) groups is 2. The fourth-order valence-corrected chi connectivity index (χ4v) is 9.55. The highest BCUT2D eigenvalue weighted by molar-refractivity contribution is 7.98. The van der Waals surface area contributed by atoms with Crippen LogP contribution in [0.3, 0.4) is 0 Å². The van der Waals surface area contributed by atoms with Gasteiger partial charge in [-0.25, -0.2) is 0 Å². The normalized spacial score (nSPS) is 19.5. The maximum Gasteiger partial charge on any atom is 0.317 e. The molecule has 4 rings (SSSR count). The number of hydrogen-bond acceptors (Lipinski definition) is 15. The van der Waals surface area contributed by atoms with E-state index in [2.05, 4.69) is 40.4 Å². The lowest BCUT2D eigenvalue weighted by molar-refractivity contribution is -0.140. The number of allylic oxidation sites excluding steroid dienone is 1. The van der Waals surface area contributed by atoms with Gasteiger partial charge in [-0.05, 0) is 77.1 Å². The number of nitrogens with zero attached hydrogens (tertiary/aromatic N) is 8. The maximum atomic E-state index is 13.6. The van der Waals surface area contributed by atoms with Crippen molar-refractivity contribution >= 4 is 53.2 Å². The molecule has 1 aromatic rings. The van der Waals surface area contributed by atoms with Gasteiger partial charge in [0.05, 0.1) is 37.6 Å². The minimum atomic E-state index is -1.03. The lowest BCUT2D eigenvalue weighted by Crippen LogP contribution is -2.56. The number of nitroso groups, excluding NO2 is 1. The van der Waals surface area contributed by atoms with E-state index in [9.17, 15) is 39.1 Å². The van der Waals surface area contributed by atoms with Gasteiger partial charge in [-0.2, -0.15) is 23.5 Å². The number of hydrogen-bond donors (Lipinski definition) is 4. The summed E-state index contributed by atoms with van der Waals surface area (Å²) in [6.07, 6.45) is 4.84. The van der Waals surface area contributed by atoms with Gasteiger partial charge in [-0.1, -0.05) is 12.6 Å². The van der Waals surface area contributed by atoms with Crippen LogP contribution in [0.25, 0.3) is 0 Å². The van der Waals surface area contributed by atoms with Crippen LogP contribution in [0.1, 0.15) is 56.8 Å². The molecule has 3 aliphatic rings. The number of piperidine rings is 2. The molecular weight excluding hydrogens is 837 g/mol. The van der Waals surface area contributed by atoms with Crippen LogP contribution < -0.4 is 10.6 Å². The summed E-state index contributed by atoms with van der Waals surface area (Å²) in [5, 5.41) is 28.3. The van der Waals surface area contributed by atoms with Crippen LogP contribution in [0.2, 0.25) is 0 Å². The number of carbonyl (C=O) groups is 5. The number of carboxylic acids is 2. The first-order valence-electron chi connectivity index (χ1n) is 21.7. The van der Waals surface area contributed by atoms with Crippen LogP contribution in [0.15, 0.2) is 35.7 Å². The van der Waals surface area contributed by atoms with E-state index in [1.165, 1.54) is 0 Å². The topological polar surface area (TPSA) is 212 Å². The van der Waals surface area contributed by atoms with Crippen molar-refractivity contribution in [1.82, 2.24) is 45.0 Å². The molecule has 3 fully saturated rings. The number of aromatic nitrogens is 1. The molecule has 0 atom stereocenters. The first-order chi connectivity index (χ1) is 29.7. The third kappa shape index (κ3) is 19.8. The molecule has 0 radical (unpaired) electrons. The van der Waals surface area contributed by atoms with E-state index in [-0.39, 0.29) is 57.6 Å². The van der Waals surface area contributed by atoms with E-state index >= 15 is 0 Å². The molecule has 4 N–H and O–H groups in total. The van der Waals surface area contributed by atoms with Gasteiger partial charge in [-0.3, -0.25) is 48.6 Å². The van der Waals surface area contributed by atoms with E-state index in [0.29, 0.717) is 76.9 Å². The summed E-state index contributed by atoms with van der Waals surface area (Å²) in [6, 6.07) is 6.67. The van der Waals surface area contributed by atoms with Crippen LogP contribution in [-0.4, -0.2) is 209 Å². The molecular formula is C42H68N10O8S2. The fourth-order valence-electron chi connectivity index (χ4n) is 7.80. The molecule has 18 nitrogen and oxygen atoms in total. The molecule has 4 heterocycles. The van der Waals surface area contributed by atoms with Crippen LogP contribution in [0.5, 0.6) is 0 Å². The summed E-state index contributed by atoms with van der Waals surface area (Å²) in [6.45, 7) is 11.3. The standard InChI is InChI=1S/C42H68N10O8S2/c1-33(43-34-7-13-47(3)14-8-34)9-25-61-31-35-5-4-6-36(44-35)32-62-26-10-37(53)45-42(2)11-15-52(16-12-42)39(55)28-49-19-17-48(27-38(54)46-60)18-21-50(29-40(56)57)23-24-51(22-20-49)30-41(58)59/h4-6,34,43H,1,7-32H2,2-3H3,(H,45,53)(H,56,57)(H,58,59). The average Bonchev–Trinajstić information content (AvgIpc) is 3.22. The van der Waals surface area contributed by atoms with E-state index in [0.717, 1.165) is 66.7 Å². The largest absolute Gasteiger partial charge is 0.480 e. The Hall–Kier alpha value is -3.66. The van der Waals surface area contributed by atoms with Crippen LogP contribution >= 0.6 is 23.5 Å². The van der Waals surface area contributed by atoms with Gasteiger partial charge in [0.15, 0.2) is 0 Å². The lowest BCUT2D eigenvalue weighted by Gasteiger charge is -2.40. The van der Waals surface area contributed by atoms with E-state index in [1.54, 1.807) is 31.4 Å². The molecule has 0 aliphatic carbocycles. The Bertz CT molecular complexity index is 1640. The fraction of sp³-hybridized carbons (Fsp3) is 0.714. The zero-order chi connectivity index (χ0) is 44.9. The molecule has 3 aliphatic heterocycles. The first kappa shape index (κ1) is 51.0. The van der Waals surface area contributed by atoms with Crippen LogP contribution in [-0.2, 0) is 35.5 Å². The minimum absolute atomic E-state index is 0.0195. The number of nitrogens with one attached hydrogen (secondary N) is 2. The number of amides is 3. The molecule has 0 bridgehead atoms. The van der Waals surface area contributed by atoms with Crippen molar-refractivity contribution in [3.05, 3.63) is 46.8 Å². The van der Waals surface area contributed by atoms with E-state index in [1.807, 2.05) is 35.7 Å². The van der Waals surface area contributed by atoms with Crippen LogP contribution in [0.4, 0.5) is 0 Å². The smallest absolute Gasteiger partial charge is 0.317 e. The molecule has 0 aromatic carbocycles. The number of likely N-dealkylation sites (tertiary alicyclic amines) is 2. The monoisotopic (exact) mass is 904 g/mol. The zero-order valence-electron chi connectivity index (χ0n) is 36.6. The number of aliphatic carboxylic acids is 2. The molecule has 346 valence electrons. The molecule has 3 amide bonds. The number of carbonyl (C=O) groups excluding carboxylic acids is 3. The summed E-state index contributed by atoms with van der Waals surface area (Å²) in [7, 11) is 2.17. The number of rotatable bonds is 21. The second kappa shape index (κ2) is 26.8. The molecule has 0 spiro atoms. The van der Waals surface area contributed by atoms with Crippen molar-refractivity contribution < 1.29 is 34.2 Å². The Labute approximate surface area is 374 Å². The first-order valence-corrected chi connectivity index (χ1v) is 24.0. The third-order valence-electron chi connectivity index (χ3n) is 11.6. The molecule has 3 saturated heterocycles. The molecule has 20 heteroatoms. The van der Waals surface area contributed by atoms with Gasteiger partial charge in [0.25, 0.3) is 5.91 Å². The maximum absolute atomic E-state index is 13.6. The van der Waals surface area contributed by atoms with Crippen molar-refractivity contribution in [2.45, 2.75) is 68.5 Å². The quantitative estimate of drug-likeness (QED) is 0.102. The van der Waals surface area contributed by atoms with Crippen molar-refractivity contribution in [3.63, 3.8) is 0 Å². The molecule has 62 heavy (non-hydrogen) atoms. The lowest BCUT2D eigenvalue weighted by atomic mass is 9.89. The Kier molecular flexibility index (Phi) is 22.1. The van der Waals surface area contributed by atoms with Gasteiger partial charge in [0.1, 0.15) is 0 Å². The second-order valence-electron chi connectivity index (χ2n) is 16.9. The van der Waals surface area contributed by atoms with Crippen molar-refractivity contribution in [2.75, 3.05) is 123 Å². The summed E-state index contributed by atoms with van der Waals surface area (Å²) in [5.74, 6) is 0.239. The third-order valence-corrected chi connectivity index (χ3v) is 13.6. The van der Waals surface area contributed by atoms with Crippen molar-refractivity contribution in [3.8, 4) is 0 Å². The summed E-state index contributed by atoms with van der Waals surface area (Å²) in [5.41, 5.74) is 2.73. The molecule has 0 saturated carbocycles. The number of carboxylic acid groups (broad SMARTS) is 2. The zero-order valence-corrected chi connectivity index (χ0v) is 38.3. The summed E-state index contributed by atoms with van der Waals surface area (Å²) in [4.78, 5) is 88.8. The van der Waals surface area contributed by atoms with Gasteiger partial charge >= 0.3 is 11.9 Å². The van der Waals surface area contributed by atoms with E-state index < -0.39 is 23.4 Å². The summed E-state index contributed by atoms with van der Waals surface area (Å²) >= 11 is 3.55. The highest BCUT2D eigenvalue weighted by atomic mass is 32.2. The Morgan fingerprint density at radius 3 is 1.74 bits per heavy atom. The Morgan fingerprint density at radius 1 is 0.758 bits per heavy atom. The predicted octanol–water partition coefficient (Wildman–Crippen LogP) is 1.71. The summed E-state index contributed by atoms with van der Waals surface area (Å²) < 4.78 is 0. The highest BCUT2D eigenvalue weighted by Crippen LogP contribution is 2.23. The average molecular weight is 905 g/mol. The van der Waals surface area contributed by atoms with Crippen molar-refractivity contribution in [2.24, 2.45) is 5.18 Å². The van der Waals surface area contributed by atoms with Crippen molar-refractivity contribution in [1.29, 1.82) is 0 Å². The van der Waals surface area contributed by atoms with Gasteiger partial charge < -0.3 is 30.6 Å². The minimum Gasteiger partial charge on any atom is -0.480 e. The predicted molar refractivity (Wildman–Crippen MR) is 243 cm³/mol. The Morgan fingerprint density at radius 2 is 1.24 bits per heavy atom. The van der Waals surface area contributed by atoms with E-state index in [4.69, 9.17) is 4.98 Å². The molecule has 1 aromatic heterocycles. The number of pyridine rings is 1. The van der Waals surface area contributed by atoms with Gasteiger partial charge in [0.2, 0.25) is 11.8 Å². The highest BCUT2D eigenvalue weighted by Gasteiger charge is 2.33.